The maximum atomic E-state index is 5.63. The van der Waals surface area contributed by atoms with Crippen molar-refractivity contribution in [2.45, 2.75) is 101 Å². The van der Waals surface area contributed by atoms with Crippen LogP contribution in [0.2, 0.25) is 0 Å². The Balaban J connectivity index is 1.50. The summed E-state index contributed by atoms with van der Waals surface area (Å²) in [7, 11) is 0. The van der Waals surface area contributed by atoms with Crippen LogP contribution in [0, 0.1) is 39.0 Å². The lowest BCUT2D eigenvalue weighted by atomic mass is 9.51. The topological polar surface area (TPSA) is 0 Å². The van der Waals surface area contributed by atoms with Gasteiger partial charge >= 0.3 is 0 Å². The zero-order valence-electron chi connectivity index (χ0n) is 27.5. The Hall–Kier alpha value is -2.04. The van der Waals surface area contributed by atoms with Crippen LogP contribution in [0.3, 0.4) is 0 Å². The quantitative estimate of drug-likeness (QED) is 0.119. The highest BCUT2D eigenvalue weighted by atomic mass is 127. The Morgan fingerprint density at radius 3 is 1.89 bits per heavy atom. The first kappa shape index (κ1) is 30.6. The monoisotopic (exact) mass is 710 g/mol. The first-order chi connectivity index (χ1) is 20.9. The molecule has 6 atom stereocenters. The van der Waals surface area contributed by atoms with Crippen molar-refractivity contribution in [3.05, 3.63) is 106 Å². The van der Waals surface area contributed by atoms with E-state index in [1.807, 2.05) is 0 Å². The van der Waals surface area contributed by atoms with E-state index in [2.05, 4.69) is 144 Å². The molecule has 2 saturated carbocycles. The van der Waals surface area contributed by atoms with Crippen molar-refractivity contribution < 1.29 is 0 Å². The van der Waals surface area contributed by atoms with Crippen LogP contribution in [0.1, 0.15) is 92.2 Å². The van der Waals surface area contributed by atoms with Gasteiger partial charge in [0.25, 0.3) is 0 Å². The molecule has 0 amide bonds. The normalized spacial score (nSPS) is 29.1. The van der Waals surface area contributed by atoms with E-state index in [4.69, 9.17) is 12.6 Å². The van der Waals surface area contributed by atoms with Gasteiger partial charge in [0.1, 0.15) is 0 Å². The fraction of sp³-hybridized carbons (Fsp3) is 0.429. The third-order valence-electron chi connectivity index (χ3n) is 12.4. The minimum absolute atomic E-state index is 0.0306. The van der Waals surface area contributed by atoms with Crippen molar-refractivity contribution in [1.29, 1.82) is 0 Å². The lowest BCUT2D eigenvalue weighted by Gasteiger charge is -2.54. The van der Waals surface area contributed by atoms with Crippen molar-refractivity contribution in [1.82, 2.24) is 0 Å². The largest absolute Gasteiger partial charge is 0.172 e. The lowest BCUT2D eigenvalue weighted by molar-refractivity contribution is 0.0844. The third-order valence-corrected chi connectivity index (χ3v) is 14.5. The van der Waals surface area contributed by atoms with Crippen molar-refractivity contribution in [2.24, 2.45) is 11.3 Å². The number of alkyl halides is 1. The van der Waals surface area contributed by atoms with Gasteiger partial charge in [-0.2, -0.15) is 12.6 Å². The zero-order valence-corrected chi connectivity index (χ0v) is 30.6. The Kier molecular flexibility index (Phi) is 7.49. The van der Waals surface area contributed by atoms with E-state index in [1.165, 1.54) is 81.3 Å². The zero-order chi connectivity index (χ0) is 31.2. The predicted octanol–water partition coefficient (Wildman–Crippen LogP) is 12.4. The van der Waals surface area contributed by atoms with Gasteiger partial charge in [-0.25, -0.2) is 0 Å². The molecule has 4 aromatic rings. The van der Waals surface area contributed by atoms with E-state index in [0.717, 1.165) is 6.42 Å². The van der Waals surface area contributed by atoms with Crippen LogP contribution in [0.25, 0.3) is 33.4 Å². The van der Waals surface area contributed by atoms with E-state index in [-0.39, 0.29) is 15.6 Å². The second kappa shape index (κ2) is 10.8. The summed E-state index contributed by atoms with van der Waals surface area (Å²) >= 11 is 8.45. The highest BCUT2D eigenvalue weighted by Gasteiger charge is 2.68. The number of hydrogen-bond donors (Lipinski definition) is 1. The molecule has 4 aromatic carbocycles. The summed E-state index contributed by atoms with van der Waals surface area (Å²) in [5, 5.41) is 0. The van der Waals surface area contributed by atoms with Gasteiger partial charge < -0.3 is 0 Å². The number of hydrogen-bond acceptors (Lipinski definition) is 1. The summed E-state index contributed by atoms with van der Waals surface area (Å²) in [6.07, 6.45) is 6.12. The summed E-state index contributed by atoms with van der Waals surface area (Å²) in [4.78, 5) is 0. The number of halogens is 1. The smallest absolute Gasteiger partial charge is 0.0167 e. The molecule has 0 heterocycles. The van der Waals surface area contributed by atoms with Crippen LogP contribution in [-0.2, 0) is 5.41 Å². The van der Waals surface area contributed by atoms with Crippen molar-refractivity contribution in [3.8, 4) is 33.4 Å². The SMILES string of the molecule is CCCC(I)C1C[C@H]2c3cc(-c4c(C)cccc4C)ccc3-c3ccc(-c4c(C)cccc4C)cc3[C@]23CC(C)(S)C1(C)C3. The first-order valence-electron chi connectivity index (χ1n) is 16.7. The highest BCUT2D eigenvalue weighted by Crippen LogP contribution is 2.75. The van der Waals surface area contributed by atoms with Gasteiger partial charge in [-0.3, -0.25) is 0 Å². The van der Waals surface area contributed by atoms with Crippen LogP contribution in [-0.4, -0.2) is 8.67 Å². The molecule has 2 bridgehead atoms. The van der Waals surface area contributed by atoms with Crippen molar-refractivity contribution in [3.63, 3.8) is 0 Å². The fourth-order valence-corrected chi connectivity index (χ4v) is 12.4. The molecule has 228 valence electrons. The average molecular weight is 711 g/mol. The third kappa shape index (κ3) is 4.36. The molecule has 0 aromatic heterocycles. The molecule has 0 radical (unpaired) electrons. The van der Waals surface area contributed by atoms with E-state index in [0.29, 0.717) is 15.8 Å². The van der Waals surface area contributed by atoms with E-state index in [9.17, 15) is 0 Å². The number of aryl methyl sites for hydroxylation is 4. The van der Waals surface area contributed by atoms with Crippen LogP contribution in [0.15, 0.2) is 72.8 Å². The predicted molar refractivity (Wildman–Crippen MR) is 202 cm³/mol. The highest BCUT2D eigenvalue weighted by molar-refractivity contribution is 14.1. The number of thiol groups is 1. The molecule has 2 heteroatoms. The second-order valence-electron chi connectivity index (χ2n) is 15.0. The Morgan fingerprint density at radius 2 is 1.32 bits per heavy atom. The van der Waals surface area contributed by atoms with E-state index >= 15 is 0 Å². The van der Waals surface area contributed by atoms with Gasteiger partial charge in [-0.05, 0) is 143 Å². The maximum absolute atomic E-state index is 5.63. The van der Waals surface area contributed by atoms with Gasteiger partial charge in [-0.15, -0.1) is 0 Å². The second-order valence-corrected chi connectivity index (χ2v) is 17.6. The summed E-state index contributed by atoms with van der Waals surface area (Å²) < 4.78 is 0.634. The molecule has 3 aliphatic rings. The number of rotatable bonds is 5. The molecule has 44 heavy (non-hydrogen) atoms. The van der Waals surface area contributed by atoms with Gasteiger partial charge in [0.2, 0.25) is 0 Å². The van der Waals surface area contributed by atoms with Gasteiger partial charge in [-0.1, -0.05) is 117 Å². The molecule has 4 unspecified atom stereocenters. The Labute approximate surface area is 285 Å². The van der Waals surface area contributed by atoms with E-state index < -0.39 is 0 Å². The Bertz CT molecular complexity index is 1740. The lowest BCUT2D eigenvalue weighted by Crippen LogP contribution is -2.48. The van der Waals surface area contributed by atoms with Crippen LogP contribution in [0.5, 0.6) is 0 Å². The van der Waals surface area contributed by atoms with Crippen molar-refractivity contribution in [2.75, 3.05) is 0 Å². The standard InChI is InChI=1S/C42H47IS/c1-8-11-37(43)36-22-35-33-20-29(38-25(2)12-9-13-26(38)3)16-18-31(33)32-19-17-30(39-27(4)14-10-15-28(39)5)21-34(32)42(35)23-40(36,6)41(7,44)24-42/h9-10,12-21,35-37,44H,8,11,22-24H2,1-7H3/t35-,36?,37?,40?,41?,42-/m0/s1. The Morgan fingerprint density at radius 1 is 0.773 bits per heavy atom. The molecule has 2 fully saturated rings. The molecule has 0 nitrogen and oxygen atoms in total. The van der Waals surface area contributed by atoms with Gasteiger partial charge in [0.05, 0.1) is 0 Å². The molecule has 0 N–H and O–H groups in total. The summed E-state index contributed by atoms with van der Waals surface area (Å²) in [5.41, 5.74) is 17.3. The van der Waals surface area contributed by atoms with Gasteiger partial charge in [0, 0.05) is 14.1 Å². The molecular formula is C42H47IS. The van der Waals surface area contributed by atoms with Gasteiger partial charge in [0.15, 0.2) is 0 Å². The average Bonchev–Trinajstić information content (AvgIpc) is 3.14. The van der Waals surface area contributed by atoms with E-state index in [1.54, 1.807) is 11.1 Å². The van der Waals surface area contributed by atoms with Crippen LogP contribution in [0.4, 0.5) is 0 Å². The molecular weight excluding hydrogens is 663 g/mol. The molecule has 1 spiro atoms. The summed E-state index contributed by atoms with van der Waals surface area (Å²) in [6.45, 7) is 16.5. The van der Waals surface area contributed by atoms with Crippen molar-refractivity contribution >= 4 is 35.2 Å². The molecule has 0 saturated heterocycles. The maximum Gasteiger partial charge on any atom is 0.0167 e. The summed E-state index contributed by atoms with van der Waals surface area (Å²) in [5.74, 6) is 1.13. The molecule has 0 aliphatic heterocycles. The summed E-state index contributed by atoms with van der Waals surface area (Å²) in [6, 6.07) is 28.4. The molecule has 3 aliphatic carbocycles. The number of fused-ring (bicyclic) bond motifs is 5. The minimum Gasteiger partial charge on any atom is -0.172 e. The molecule has 7 rings (SSSR count). The number of benzene rings is 4. The fourth-order valence-electron chi connectivity index (χ4n) is 10.2. The van der Waals surface area contributed by atoms with Crippen LogP contribution >= 0.6 is 35.2 Å². The van der Waals surface area contributed by atoms with Crippen LogP contribution < -0.4 is 0 Å². The minimum atomic E-state index is -0.0306. The first-order valence-corrected chi connectivity index (χ1v) is 18.4.